The van der Waals surface area contributed by atoms with Crippen LogP contribution in [0.15, 0.2) is 35.9 Å². The lowest BCUT2D eigenvalue weighted by Gasteiger charge is -2.05. The third kappa shape index (κ3) is 2.30. The molecule has 6 heteroatoms. The summed E-state index contributed by atoms with van der Waals surface area (Å²) >= 11 is 0. The van der Waals surface area contributed by atoms with Gasteiger partial charge in [-0.2, -0.15) is 0 Å². The Morgan fingerprint density at radius 1 is 1.64 bits per heavy atom. The Balaban J connectivity index is 3.04. The Kier molecular flexibility index (Phi) is 3.21. The van der Waals surface area contributed by atoms with Crippen LogP contribution in [0.2, 0.25) is 0 Å². The van der Waals surface area contributed by atoms with Crippen molar-refractivity contribution in [3.8, 4) is 0 Å². The van der Waals surface area contributed by atoms with Crippen LogP contribution in [0.5, 0.6) is 0 Å². The summed E-state index contributed by atoms with van der Waals surface area (Å²) in [5.41, 5.74) is 5.42. The number of nitrogens with two attached hydrogens (primary N) is 1. The number of nitrogen functional groups attached to an aromatic ring is 1. The second-order valence-corrected chi connectivity index (χ2v) is 4.26. The number of pyridine rings is 1. The van der Waals surface area contributed by atoms with Crippen molar-refractivity contribution >= 4 is 15.8 Å². The average Bonchev–Trinajstić information content (AvgIpc) is 2.15. The van der Waals surface area contributed by atoms with Gasteiger partial charge in [0.25, 0.3) is 0 Å². The number of anilines is 1. The molecule has 0 atom stereocenters. The Morgan fingerprint density at radius 2 is 2.36 bits per heavy atom. The van der Waals surface area contributed by atoms with Crippen LogP contribution >= 0.6 is 0 Å². The third-order valence-electron chi connectivity index (χ3n) is 1.51. The Labute approximate surface area is 82.7 Å². The van der Waals surface area contributed by atoms with Gasteiger partial charge in [-0.25, -0.2) is 18.1 Å². The number of hydrogen-bond donors (Lipinski definition) is 2. The van der Waals surface area contributed by atoms with E-state index in [1.165, 1.54) is 24.4 Å². The van der Waals surface area contributed by atoms with Gasteiger partial charge in [-0.15, -0.1) is 6.58 Å². The van der Waals surface area contributed by atoms with Crippen molar-refractivity contribution < 1.29 is 8.42 Å². The predicted octanol–water partition coefficient (Wildman–Crippen LogP) is 0.128. The topological polar surface area (TPSA) is 85.1 Å². The van der Waals surface area contributed by atoms with E-state index in [1.807, 2.05) is 0 Å². The maximum atomic E-state index is 11.5. The van der Waals surface area contributed by atoms with E-state index < -0.39 is 10.0 Å². The molecule has 14 heavy (non-hydrogen) atoms. The minimum absolute atomic E-state index is 0.0101. The number of sulfonamides is 1. The van der Waals surface area contributed by atoms with Gasteiger partial charge in [-0.3, -0.25) is 0 Å². The number of nitrogens with one attached hydrogen (secondary N) is 1. The maximum absolute atomic E-state index is 11.5. The summed E-state index contributed by atoms with van der Waals surface area (Å²) in [7, 11) is -3.56. The van der Waals surface area contributed by atoms with Gasteiger partial charge in [-0.1, -0.05) is 6.08 Å². The van der Waals surface area contributed by atoms with Gasteiger partial charge in [0, 0.05) is 12.7 Å². The molecule has 76 valence electrons. The third-order valence-corrected chi connectivity index (χ3v) is 2.98. The summed E-state index contributed by atoms with van der Waals surface area (Å²) in [5.74, 6) is -0.0101. The SMILES string of the molecule is C=CCNS(=O)(=O)c1cccnc1N. The monoisotopic (exact) mass is 213 g/mol. The van der Waals surface area contributed by atoms with Gasteiger partial charge in [0.15, 0.2) is 0 Å². The number of aromatic nitrogens is 1. The minimum Gasteiger partial charge on any atom is -0.383 e. The number of nitrogens with zero attached hydrogens (tertiary/aromatic N) is 1. The van der Waals surface area contributed by atoms with Crippen molar-refractivity contribution in [2.24, 2.45) is 0 Å². The van der Waals surface area contributed by atoms with E-state index in [4.69, 9.17) is 5.73 Å². The van der Waals surface area contributed by atoms with E-state index in [0.29, 0.717) is 0 Å². The van der Waals surface area contributed by atoms with Crippen LogP contribution in [0, 0.1) is 0 Å². The molecule has 5 nitrogen and oxygen atoms in total. The summed E-state index contributed by atoms with van der Waals surface area (Å²) in [5, 5.41) is 0. The molecule has 0 saturated carbocycles. The summed E-state index contributed by atoms with van der Waals surface area (Å²) in [6.07, 6.45) is 2.88. The summed E-state index contributed by atoms with van der Waals surface area (Å²) in [6, 6.07) is 2.91. The lowest BCUT2D eigenvalue weighted by atomic mass is 10.5. The van der Waals surface area contributed by atoms with Crippen LogP contribution in [0.1, 0.15) is 0 Å². The lowest BCUT2D eigenvalue weighted by molar-refractivity contribution is 0.585. The molecule has 0 radical (unpaired) electrons. The smallest absolute Gasteiger partial charge is 0.244 e. The molecule has 0 bridgehead atoms. The molecular weight excluding hydrogens is 202 g/mol. The van der Waals surface area contributed by atoms with Gasteiger partial charge in [0.1, 0.15) is 10.7 Å². The fourth-order valence-electron chi connectivity index (χ4n) is 0.876. The van der Waals surface area contributed by atoms with Crippen molar-refractivity contribution in [1.29, 1.82) is 0 Å². The highest BCUT2D eigenvalue weighted by atomic mass is 32.2. The highest BCUT2D eigenvalue weighted by molar-refractivity contribution is 7.89. The van der Waals surface area contributed by atoms with Crippen molar-refractivity contribution in [2.75, 3.05) is 12.3 Å². The summed E-state index contributed by atoms with van der Waals surface area (Å²) < 4.78 is 25.4. The Bertz CT molecular complexity index is 428. The molecule has 0 unspecified atom stereocenters. The molecule has 0 aliphatic carbocycles. The standard InChI is InChI=1S/C8H11N3O2S/c1-2-5-11-14(12,13)7-4-3-6-10-8(7)9/h2-4,6,11H,1,5H2,(H2,9,10). The number of rotatable bonds is 4. The second kappa shape index (κ2) is 4.21. The fourth-order valence-corrected chi connectivity index (χ4v) is 1.95. The first-order chi connectivity index (χ1) is 6.58. The molecule has 1 aromatic rings. The molecule has 0 aliphatic heterocycles. The highest BCUT2D eigenvalue weighted by Crippen LogP contribution is 2.13. The van der Waals surface area contributed by atoms with E-state index in [-0.39, 0.29) is 17.3 Å². The minimum atomic E-state index is -3.56. The zero-order chi connectivity index (χ0) is 10.6. The van der Waals surface area contributed by atoms with Crippen molar-refractivity contribution in [2.45, 2.75) is 4.90 Å². The zero-order valence-electron chi connectivity index (χ0n) is 7.47. The first kappa shape index (κ1) is 10.7. The van der Waals surface area contributed by atoms with Gasteiger partial charge >= 0.3 is 0 Å². The van der Waals surface area contributed by atoms with Crippen molar-refractivity contribution in [1.82, 2.24) is 9.71 Å². The Morgan fingerprint density at radius 3 is 2.93 bits per heavy atom. The zero-order valence-corrected chi connectivity index (χ0v) is 8.29. The average molecular weight is 213 g/mol. The second-order valence-electron chi connectivity index (χ2n) is 2.53. The lowest BCUT2D eigenvalue weighted by Crippen LogP contribution is -2.24. The maximum Gasteiger partial charge on any atom is 0.244 e. The first-order valence-electron chi connectivity index (χ1n) is 3.89. The number of hydrogen-bond acceptors (Lipinski definition) is 4. The normalized spacial score (nSPS) is 11.1. The van der Waals surface area contributed by atoms with Crippen LogP contribution in [0.25, 0.3) is 0 Å². The summed E-state index contributed by atoms with van der Waals surface area (Å²) in [4.78, 5) is 3.67. The van der Waals surface area contributed by atoms with Crippen LogP contribution in [0.3, 0.4) is 0 Å². The van der Waals surface area contributed by atoms with Crippen molar-refractivity contribution in [3.05, 3.63) is 31.0 Å². The largest absolute Gasteiger partial charge is 0.383 e. The van der Waals surface area contributed by atoms with Crippen LogP contribution in [0.4, 0.5) is 5.82 Å². The van der Waals surface area contributed by atoms with Crippen LogP contribution in [-0.4, -0.2) is 19.9 Å². The van der Waals surface area contributed by atoms with Crippen molar-refractivity contribution in [3.63, 3.8) is 0 Å². The molecule has 0 saturated heterocycles. The molecule has 1 heterocycles. The molecule has 0 aliphatic rings. The molecular formula is C8H11N3O2S. The molecule has 0 spiro atoms. The fraction of sp³-hybridized carbons (Fsp3) is 0.125. The van der Waals surface area contributed by atoms with Gasteiger partial charge in [0.2, 0.25) is 10.0 Å². The van der Waals surface area contributed by atoms with E-state index >= 15 is 0 Å². The van der Waals surface area contributed by atoms with Crippen LogP contribution in [-0.2, 0) is 10.0 Å². The van der Waals surface area contributed by atoms with Gasteiger partial charge in [0.05, 0.1) is 0 Å². The molecule has 1 aromatic heterocycles. The molecule has 3 N–H and O–H groups in total. The van der Waals surface area contributed by atoms with Gasteiger partial charge in [-0.05, 0) is 12.1 Å². The molecule has 0 fully saturated rings. The van der Waals surface area contributed by atoms with Gasteiger partial charge < -0.3 is 5.73 Å². The first-order valence-corrected chi connectivity index (χ1v) is 5.37. The Hall–Kier alpha value is -1.40. The molecule has 0 amide bonds. The van der Waals surface area contributed by atoms with E-state index in [9.17, 15) is 8.42 Å². The highest BCUT2D eigenvalue weighted by Gasteiger charge is 2.16. The molecule has 0 aromatic carbocycles. The van der Waals surface area contributed by atoms with Crippen LogP contribution < -0.4 is 10.5 Å². The van der Waals surface area contributed by atoms with E-state index in [0.717, 1.165) is 0 Å². The quantitative estimate of drug-likeness (QED) is 0.696. The molecule has 1 rings (SSSR count). The predicted molar refractivity (Wildman–Crippen MR) is 54.0 cm³/mol. The van der Waals surface area contributed by atoms with E-state index in [1.54, 1.807) is 0 Å². The summed E-state index contributed by atoms with van der Waals surface area (Å²) in [6.45, 7) is 3.57. The van der Waals surface area contributed by atoms with E-state index in [2.05, 4.69) is 16.3 Å².